The Labute approximate surface area is 145 Å². The molecule has 23 heavy (non-hydrogen) atoms. The number of carbonyl (C=O) groups is 1. The molecule has 0 saturated heterocycles. The Bertz CT molecular complexity index is 443. The summed E-state index contributed by atoms with van der Waals surface area (Å²) >= 11 is 0. The third kappa shape index (κ3) is 7.71. The van der Waals surface area contributed by atoms with Crippen molar-refractivity contribution in [2.75, 3.05) is 20.2 Å². The van der Waals surface area contributed by atoms with E-state index in [1.54, 1.807) is 7.11 Å². The van der Waals surface area contributed by atoms with E-state index in [0.29, 0.717) is 19.0 Å². The van der Waals surface area contributed by atoms with Crippen molar-refractivity contribution in [2.45, 2.75) is 51.0 Å². The highest BCUT2D eigenvalue weighted by molar-refractivity contribution is 5.85. The number of nitrogens with one attached hydrogen (secondary N) is 2. The minimum absolute atomic E-state index is 0. The number of methoxy groups -OCH3 is 1. The molecule has 0 radical (unpaired) electrons. The smallest absolute Gasteiger partial charge is 0.224 e. The molecule has 4 nitrogen and oxygen atoms in total. The minimum atomic E-state index is 0. The molecule has 1 aliphatic carbocycles. The van der Waals surface area contributed by atoms with E-state index >= 15 is 0 Å². The summed E-state index contributed by atoms with van der Waals surface area (Å²) < 4.78 is 5.11. The Morgan fingerprint density at radius 1 is 1.09 bits per heavy atom. The maximum absolute atomic E-state index is 11.9. The third-order valence-electron chi connectivity index (χ3n) is 4.26. The molecule has 2 N–H and O–H groups in total. The van der Waals surface area contributed by atoms with Crippen molar-refractivity contribution < 1.29 is 9.53 Å². The van der Waals surface area contributed by atoms with Crippen LogP contribution >= 0.6 is 12.4 Å². The van der Waals surface area contributed by atoms with Gasteiger partial charge in [-0.05, 0) is 30.5 Å². The first-order chi connectivity index (χ1) is 10.8. The van der Waals surface area contributed by atoms with Gasteiger partial charge in [-0.3, -0.25) is 4.79 Å². The molecule has 1 aliphatic rings. The van der Waals surface area contributed by atoms with Gasteiger partial charge < -0.3 is 15.4 Å². The van der Waals surface area contributed by atoms with Crippen LogP contribution in [0.2, 0.25) is 0 Å². The summed E-state index contributed by atoms with van der Waals surface area (Å²) in [5.41, 5.74) is 1.01. The van der Waals surface area contributed by atoms with Crippen molar-refractivity contribution in [3.05, 3.63) is 29.8 Å². The van der Waals surface area contributed by atoms with Gasteiger partial charge in [-0.25, -0.2) is 0 Å². The van der Waals surface area contributed by atoms with E-state index < -0.39 is 0 Å². The number of carbonyl (C=O) groups excluding carboxylic acids is 1. The second kappa shape index (κ2) is 11.3. The normalized spacial score (nSPS) is 15.3. The topological polar surface area (TPSA) is 50.4 Å². The van der Waals surface area contributed by atoms with E-state index in [1.807, 2.05) is 24.3 Å². The van der Waals surface area contributed by atoms with Crippen LogP contribution in [0.5, 0.6) is 5.75 Å². The molecule has 0 spiro atoms. The first-order valence-corrected chi connectivity index (χ1v) is 8.41. The van der Waals surface area contributed by atoms with Gasteiger partial charge in [0.15, 0.2) is 0 Å². The maximum Gasteiger partial charge on any atom is 0.224 e. The van der Waals surface area contributed by atoms with Gasteiger partial charge in [0.05, 0.1) is 13.5 Å². The molecular weight excluding hydrogens is 312 g/mol. The zero-order valence-electron chi connectivity index (χ0n) is 14.0. The average molecular weight is 341 g/mol. The lowest BCUT2D eigenvalue weighted by molar-refractivity contribution is -0.120. The van der Waals surface area contributed by atoms with Crippen LogP contribution in [-0.2, 0) is 11.2 Å². The van der Waals surface area contributed by atoms with Crippen LogP contribution < -0.4 is 15.4 Å². The third-order valence-corrected chi connectivity index (χ3v) is 4.26. The number of hydrogen-bond donors (Lipinski definition) is 2. The number of ether oxygens (including phenoxy) is 1. The Kier molecular flexibility index (Phi) is 9.72. The van der Waals surface area contributed by atoms with E-state index in [2.05, 4.69) is 10.6 Å². The van der Waals surface area contributed by atoms with Crippen molar-refractivity contribution in [1.82, 2.24) is 10.6 Å². The number of benzene rings is 1. The number of amides is 1. The summed E-state index contributed by atoms with van der Waals surface area (Å²) in [6.07, 6.45) is 8.39. The standard InChI is InChI=1S/C18H28N2O2.ClH/c1-22-17-10-8-15(9-11-17)14-18(21)20-13-12-19-16-6-4-2-3-5-7-16;/h8-11,16,19H,2-7,12-14H2,1H3,(H,20,21);1H. The van der Waals surface area contributed by atoms with Gasteiger partial charge in [-0.2, -0.15) is 0 Å². The molecule has 5 heteroatoms. The molecule has 0 aliphatic heterocycles. The SMILES string of the molecule is COc1ccc(CC(=O)NCCNC2CCCCCC2)cc1.Cl. The second-order valence-electron chi connectivity index (χ2n) is 6.02. The summed E-state index contributed by atoms with van der Waals surface area (Å²) in [4.78, 5) is 11.9. The van der Waals surface area contributed by atoms with Crippen molar-refractivity contribution >= 4 is 18.3 Å². The first-order valence-electron chi connectivity index (χ1n) is 8.41. The largest absolute Gasteiger partial charge is 0.497 e. The highest BCUT2D eigenvalue weighted by Crippen LogP contribution is 2.16. The summed E-state index contributed by atoms with van der Waals surface area (Å²) in [6.45, 7) is 1.56. The number of hydrogen-bond acceptors (Lipinski definition) is 3. The molecule has 0 aromatic heterocycles. The van der Waals surface area contributed by atoms with Crippen molar-refractivity contribution in [2.24, 2.45) is 0 Å². The quantitative estimate of drug-likeness (QED) is 0.592. The summed E-state index contributed by atoms with van der Waals surface area (Å²) in [6, 6.07) is 8.28. The molecule has 0 unspecified atom stereocenters. The lowest BCUT2D eigenvalue weighted by Gasteiger charge is -2.16. The molecule has 1 amide bonds. The fourth-order valence-corrected chi connectivity index (χ4v) is 2.95. The molecule has 2 rings (SSSR count). The van der Waals surface area contributed by atoms with Gasteiger partial charge in [0, 0.05) is 19.1 Å². The van der Waals surface area contributed by atoms with Crippen LogP contribution in [0.1, 0.15) is 44.1 Å². The molecular formula is C18H29ClN2O2. The number of rotatable bonds is 7. The molecule has 0 atom stereocenters. The second-order valence-corrected chi connectivity index (χ2v) is 6.02. The first kappa shape index (κ1) is 19.8. The molecule has 1 aromatic carbocycles. The summed E-state index contributed by atoms with van der Waals surface area (Å²) in [7, 11) is 1.64. The van der Waals surface area contributed by atoms with Gasteiger partial charge >= 0.3 is 0 Å². The van der Waals surface area contributed by atoms with Gasteiger partial charge in [0.1, 0.15) is 5.75 Å². The van der Waals surface area contributed by atoms with Gasteiger partial charge in [0.25, 0.3) is 0 Å². The lowest BCUT2D eigenvalue weighted by Crippen LogP contribution is -2.37. The Morgan fingerprint density at radius 3 is 2.35 bits per heavy atom. The Balaban J connectivity index is 0.00000264. The Morgan fingerprint density at radius 2 is 1.74 bits per heavy atom. The van der Waals surface area contributed by atoms with Crippen molar-refractivity contribution in [3.63, 3.8) is 0 Å². The van der Waals surface area contributed by atoms with Crippen LogP contribution in [0, 0.1) is 0 Å². The van der Waals surface area contributed by atoms with E-state index in [0.717, 1.165) is 17.9 Å². The van der Waals surface area contributed by atoms with E-state index in [1.165, 1.54) is 38.5 Å². The van der Waals surface area contributed by atoms with E-state index in [4.69, 9.17) is 4.74 Å². The monoisotopic (exact) mass is 340 g/mol. The molecule has 130 valence electrons. The molecule has 1 aromatic rings. The zero-order chi connectivity index (χ0) is 15.6. The van der Waals surface area contributed by atoms with Gasteiger partial charge in [0.2, 0.25) is 5.91 Å². The predicted molar refractivity (Wildman–Crippen MR) is 96.4 cm³/mol. The van der Waals surface area contributed by atoms with Crippen LogP contribution in [0.3, 0.4) is 0 Å². The van der Waals surface area contributed by atoms with Gasteiger partial charge in [-0.15, -0.1) is 12.4 Å². The summed E-state index contributed by atoms with van der Waals surface area (Å²) in [5, 5.41) is 6.55. The van der Waals surface area contributed by atoms with Crippen molar-refractivity contribution in [3.8, 4) is 5.75 Å². The predicted octanol–water partition coefficient (Wildman–Crippen LogP) is 3.09. The summed E-state index contributed by atoms with van der Waals surface area (Å²) in [5.74, 6) is 0.893. The molecule has 0 heterocycles. The highest BCUT2D eigenvalue weighted by Gasteiger charge is 2.11. The fourth-order valence-electron chi connectivity index (χ4n) is 2.95. The van der Waals surface area contributed by atoms with Crippen LogP contribution in [0.4, 0.5) is 0 Å². The average Bonchev–Trinajstić information content (AvgIpc) is 2.81. The number of halogens is 1. The maximum atomic E-state index is 11.9. The van der Waals surface area contributed by atoms with Crippen LogP contribution in [0.25, 0.3) is 0 Å². The molecule has 1 saturated carbocycles. The van der Waals surface area contributed by atoms with Crippen LogP contribution in [0.15, 0.2) is 24.3 Å². The zero-order valence-corrected chi connectivity index (χ0v) is 14.8. The fraction of sp³-hybridized carbons (Fsp3) is 0.611. The molecule has 1 fully saturated rings. The highest BCUT2D eigenvalue weighted by atomic mass is 35.5. The van der Waals surface area contributed by atoms with E-state index in [-0.39, 0.29) is 18.3 Å². The van der Waals surface area contributed by atoms with Crippen molar-refractivity contribution in [1.29, 1.82) is 0 Å². The van der Waals surface area contributed by atoms with Crippen LogP contribution in [-0.4, -0.2) is 32.1 Å². The Hall–Kier alpha value is -1.26. The molecule has 0 bridgehead atoms. The van der Waals surface area contributed by atoms with E-state index in [9.17, 15) is 4.79 Å². The minimum Gasteiger partial charge on any atom is -0.497 e. The lowest BCUT2D eigenvalue weighted by atomic mass is 10.1. The van der Waals surface area contributed by atoms with Gasteiger partial charge in [-0.1, -0.05) is 37.8 Å².